The highest BCUT2D eigenvalue weighted by atomic mass is 16.6. The maximum Gasteiger partial charge on any atom is 0.324 e. The molecule has 1 aromatic heterocycles. The van der Waals surface area contributed by atoms with Crippen molar-refractivity contribution in [2.75, 3.05) is 6.61 Å². The molecule has 3 rings (SSSR count). The van der Waals surface area contributed by atoms with E-state index in [9.17, 15) is 4.79 Å². The molecule has 6 heteroatoms. The topological polar surface area (TPSA) is 70.0 Å². The average Bonchev–Trinajstić information content (AvgIpc) is 3.29. The molecule has 1 aliphatic rings. The fourth-order valence-corrected chi connectivity index (χ4v) is 3.21. The SMILES string of the molecule is CC(C)CO/N=C/C1C(C(=O)OC#CCc2cccc(Oc3ccccc3)n2)C1(C)C. The summed E-state index contributed by atoms with van der Waals surface area (Å²) in [5.74, 6) is 3.83. The largest absolute Gasteiger partial charge is 0.439 e. The molecular weight excluding hydrogens is 392 g/mol. The summed E-state index contributed by atoms with van der Waals surface area (Å²) >= 11 is 0. The zero-order valence-corrected chi connectivity index (χ0v) is 18.4. The molecule has 1 saturated carbocycles. The third-order valence-electron chi connectivity index (χ3n) is 5.11. The molecule has 0 N–H and O–H groups in total. The number of aromatic nitrogens is 1. The second-order valence-electron chi connectivity index (χ2n) is 8.53. The number of hydrogen-bond donors (Lipinski definition) is 0. The van der Waals surface area contributed by atoms with E-state index in [0.717, 1.165) is 5.69 Å². The van der Waals surface area contributed by atoms with Crippen molar-refractivity contribution >= 4 is 12.2 Å². The van der Waals surface area contributed by atoms with Crippen molar-refractivity contribution in [3.63, 3.8) is 0 Å². The van der Waals surface area contributed by atoms with Crippen LogP contribution in [0.2, 0.25) is 0 Å². The zero-order chi connectivity index (χ0) is 22.3. The van der Waals surface area contributed by atoms with Gasteiger partial charge in [0.2, 0.25) is 5.88 Å². The normalized spacial score (nSPS) is 18.9. The first-order chi connectivity index (χ1) is 14.9. The van der Waals surface area contributed by atoms with Crippen molar-refractivity contribution in [1.82, 2.24) is 4.98 Å². The third-order valence-corrected chi connectivity index (χ3v) is 5.11. The number of ether oxygens (including phenoxy) is 2. The van der Waals surface area contributed by atoms with E-state index in [1.165, 1.54) is 0 Å². The number of benzene rings is 1. The minimum Gasteiger partial charge on any atom is -0.439 e. The van der Waals surface area contributed by atoms with Crippen molar-refractivity contribution in [2.45, 2.75) is 34.1 Å². The van der Waals surface area contributed by atoms with Crippen molar-refractivity contribution in [3.05, 3.63) is 54.2 Å². The molecule has 1 heterocycles. The van der Waals surface area contributed by atoms with Gasteiger partial charge in [-0.3, -0.25) is 4.79 Å². The van der Waals surface area contributed by atoms with Crippen LogP contribution in [-0.2, 0) is 20.8 Å². The van der Waals surface area contributed by atoms with E-state index in [-0.39, 0.29) is 23.2 Å². The Labute approximate surface area is 183 Å². The summed E-state index contributed by atoms with van der Waals surface area (Å²) in [5, 5.41) is 3.99. The second kappa shape index (κ2) is 10.1. The van der Waals surface area contributed by atoms with Gasteiger partial charge in [-0.2, -0.15) is 0 Å². The summed E-state index contributed by atoms with van der Waals surface area (Å²) in [6.45, 7) is 8.67. The Morgan fingerprint density at radius 1 is 1.19 bits per heavy atom. The van der Waals surface area contributed by atoms with Crippen LogP contribution in [0.4, 0.5) is 0 Å². The fourth-order valence-electron chi connectivity index (χ4n) is 3.21. The number of esters is 1. The summed E-state index contributed by atoms with van der Waals surface area (Å²) < 4.78 is 10.9. The second-order valence-corrected chi connectivity index (χ2v) is 8.53. The Hall–Kier alpha value is -3.33. The molecule has 0 saturated heterocycles. The van der Waals surface area contributed by atoms with Crippen LogP contribution in [0.15, 0.2) is 53.7 Å². The van der Waals surface area contributed by atoms with Crippen molar-refractivity contribution in [3.8, 4) is 23.7 Å². The summed E-state index contributed by atoms with van der Waals surface area (Å²) in [4.78, 5) is 22.0. The summed E-state index contributed by atoms with van der Waals surface area (Å²) in [6.07, 6.45) is 4.56. The molecule has 6 nitrogen and oxygen atoms in total. The molecule has 2 atom stereocenters. The van der Waals surface area contributed by atoms with Gasteiger partial charge < -0.3 is 14.3 Å². The first-order valence-corrected chi connectivity index (χ1v) is 10.4. The highest BCUT2D eigenvalue weighted by Gasteiger charge is 2.62. The molecule has 1 fully saturated rings. The Morgan fingerprint density at radius 3 is 2.71 bits per heavy atom. The van der Waals surface area contributed by atoms with Crippen LogP contribution in [-0.4, -0.2) is 23.8 Å². The lowest BCUT2D eigenvalue weighted by atomic mass is 10.1. The van der Waals surface area contributed by atoms with Crippen LogP contribution in [0.25, 0.3) is 0 Å². The third kappa shape index (κ3) is 6.32. The molecule has 2 aromatic rings. The van der Waals surface area contributed by atoms with Gasteiger partial charge in [0.15, 0.2) is 0 Å². The van der Waals surface area contributed by atoms with Crippen LogP contribution in [0.1, 0.15) is 33.4 Å². The van der Waals surface area contributed by atoms with Crippen molar-refractivity contribution < 1.29 is 19.1 Å². The van der Waals surface area contributed by atoms with Gasteiger partial charge in [0.1, 0.15) is 18.5 Å². The van der Waals surface area contributed by atoms with Crippen molar-refractivity contribution in [2.24, 2.45) is 28.3 Å². The summed E-state index contributed by atoms with van der Waals surface area (Å²) in [5.41, 5.74) is 0.518. The first-order valence-electron chi connectivity index (χ1n) is 10.4. The monoisotopic (exact) mass is 420 g/mol. The Morgan fingerprint density at radius 2 is 1.97 bits per heavy atom. The number of rotatable bonds is 8. The van der Waals surface area contributed by atoms with Gasteiger partial charge in [0.25, 0.3) is 0 Å². The lowest BCUT2D eigenvalue weighted by molar-refractivity contribution is -0.139. The number of hydrogen-bond acceptors (Lipinski definition) is 6. The highest BCUT2D eigenvalue weighted by molar-refractivity contribution is 5.86. The van der Waals surface area contributed by atoms with Gasteiger partial charge in [0.05, 0.1) is 18.0 Å². The fraction of sp³-hybridized carbons (Fsp3) is 0.400. The Balaban J connectivity index is 1.49. The van der Waals surface area contributed by atoms with E-state index in [0.29, 0.717) is 30.6 Å². The highest BCUT2D eigenvalue weighted by Crippen LogP contribution is 2.57. The van der Waals surface area contributed by atoms with Crippen LogP contribution < -0.4 is 4.74 Å². The van der Waals surface area contributed by atoms with E-state index in [4.69, 9.17) is 14.3 Å². The van der Waals surface area contributed by atoms with Crippen LogP contribution >= 0.6 is 0 Å². The molecule has 31 heavy (non-hydrogen) atoms. The first kappa shape index (κ1) is 22.4. The Bertz CT molecular complexity index is 974. The minimum atomic E-state index is -0.341. The van der Waals surface area contributed by atoms with Crippen LogP contribution in [0.5, 0.6) is 11.6 Å². The summed E-state index contributed by atoms with van der Waals surface area (Å²) in [7, 11) is 0. The number of para-hydroxylation sites is 1. The summed E-state index contributed by atoms with van der Waals surface area (Å²) in [6, 6.07) is 14.9. The smallest absolute Gasteiger partial charge is 0.324 e. The predicted molar refractivity (Wildman–Crippen MR) is 118 cm³/mol. The number of nitrogens with zero attached hydrogens (tertiary/aromatic N) is 2. The van der Waals surface area contributed by atoms with Gasteiger partial charge >= 0.3 is 5.97 Å². The standard InChI is InChI=1S/C25H28N2O4/c1-18(2)17-30-26-16-21-23(25(21,3)4)24(28)29-15-9-11-19-10-8-14-22(27-19)31-20-12-6-5-7-13-20/h5-8,10,12-14,16,18,21,23H,11,17H2,1-4H3/b26-16+. The molecule has 2 unspecified atom stereocenters. The van der Waals surface area contributed by atoms with Crippen LogP contribution in [0, 0.1) is 35.2 Å². The van der Waals surface area contributed by atoms with Gasteiger partial charge in [-0.1, -0.05) is 63.0 Å². The van der Waals surface area contributed by atoms with Crippen molar-refractivity contribution in [1.29, 1.82) is 0 Å². The number of oxime groups is 1. The van der Waals surface area contributed by atoms with E-state index in [2.05, 4.69) is 36.0 Å². The van der Waals surface area contributed by atoms with Gasteiger partial charge in [-0.25, -0.2) is 4.98 Å². The maximum atomic E-state index is 12.4. The number of pyridine rings is 1. The molecule has 1 aliphatic carbocycles. The molecule has 1 aromatic carbocycles. The van der Waals surface area contributed by atoms with Gasteiger partial charge in [-0.15, -0.1) is 0 Å². The minimum absolute atomic E-state index is 0.0116. The molecule has 0 aliphatic heterocycles. The lowest BCUT2D eigenvalue weighted by Gasteiger charge is -2.05. The number of carbonyl (C=O) groups is 1. The molecule has 162 valence electrons. The van der Waals surface area contributed by atoms with Gasteiger partial charge in [-0.05, 0) is 29.5 Å². The van der Waals surface area contributed by atoms with Crippen LogP contribution in [0.3, 0.4) is 0 Å². The molecule has 0 spiro atoms. The van der Waals surface area contributed by atoms with E-state index < -0.39 is 0 Å². The van der Waals surface area contributed by atoms with E-state index in [1.54, 1.807) is 12.3 Å². The molecular formula is C25H28N2O4. The lowest BCUT2D eigenvalue weighted by Crippen LogP contribution is -2.07. The molecule has 0 amide bonds. The molecule has 0 radical (unpaired) electrons. The zero-order valence-electron chi connectivity index (χ0n) is 18.4. The quantitative estimate of drug-likeness (QED) is 0.264. The van der Waals surface area contributed by atoms with Gasteiger partial charge in [0, 0.05) is 18.2 Å². The predicted octanol–water partition coefficient (Wildman–Crippen LogP) is 4.85. The maximum absolute atomic E-state index is 12.4. The van der Waals surface area contributed by atoms with E-state index >= 15 is 0 Å². The van der Waals surface area contributed by atoms with E-state index in [1.807, 2.05) is 56.3 Å². The number of carbonyl (C=O) groups excluding carboxylic acids is 1. The molecule has 0 bridgehead atoms. The average molecular weight is 421 g/mol. The Kier molecular flexibility index (Phi) is 7.30.